The Labute approximate surface area is 171 Å². The molecule has 4 heteroatoms. The average molecular weight is 385 g/mol. The number of hydrogen-bond acceptors (Lipinski definition) is 4. The summed E-state index contributed by atoms with van der Waals surface area (Å²) in [7, 11) is 0. The number of rotatable bonds is 6. The summed E-state index contributed by atoms with van der Waals surface area (Å²) in [5.74, 6) is 1.65. The highest BCUT2D eigenvalue weighted by molar-refractivity contribution is 5.96. The largest absolute Gasteiger partial charge is 0.465 e. The number of aryl methyl sites for hydroxylation is 2. The van der Waals surface area contributed by atoms with Gasteiger partial charge in [0.2, 0.25) is 5.90 Å². The summed E-state index contributed by atoms with van der Waals surface area (Å²) in [4.78, 5) is 15.7. The molecule has 0 aliphatic carbocycles. The number of aliphatic imine (C=N–C) groups is 1. The van der Waals surface area contributed by atoms with Crippen LogP contribution in [0.15, 0.2) is 89.6 Å². The summed E-state index contributed by atoms with van der Waals surface area (Å²) in [5, 5.41) is 0. The standard InChI is InChI=1S/C25H23NO3/c1-18-7-11-22(12-8-18)26-25(29-24-6-4-5-21(15-24)16-27)20(3)17-28-23-13-9-19(2)10-14-23/h4-17H,1-3H3/b20-17+,26-25?. The maximum Gasteiger partial charge on any atom is 0.225 e. The molecule has 0 atom stereocenters. The second kappa shape index (κ2) is 9.51. The first-order valence-electron chi connectivity index (χ1n) is 9.32. The van der Waals surface area contributed by atoms with E-state index < -0.39 is 0 Å². The maximum atomic E-state index is 11.1. The van der Waals surface area contributed by atoms with Gasteiger partial charge in [-0.3, -0.25) is 4.79 Å². The SMILES string of the molecule is C/C(=C\Oc1ccc(C)cc1)C(=Nc1ccc(C)cc1)Oc1cccc(C=O)c1. The van der Waals surface area contributed by atoms with E-state index in [9.17, 15) is 4.79 Å². The zero-order chi connectivity index (χ0) is 20.6. The van der Waals surface area contributed by atoms with Gasteiger partial charge in [-0.05, 0) is 57.2 Å². The van der Waals surface area contributed by atoms with Gasteiger partial charge in [0.15, 0.2) is 0 Å². The van der Waals surface area contributed by atoms with Gasteiger partial charge in [-0.25, -0.2) is 4.99 Å². The van der Waals surface area contributed by atoms with Crippen molar-refractivity contribution in [2.24, 2.45) is 4.99 Å². The van der Waals surface area contributed by atoms with E-state index in [1.165, 1.54) is 0 Å². The van der Waals surface area contributed by atoms with Crippen molar-refractivity contribution in [2.45, 2.75) is 20.8 Å². The molecular weight excluding hydrogens is 362 g/mol. The molecule has 0 aromatic heterocycles. The van der Waals surface area contributed by atoms with Crippen LogP contribution in [0.5, 0.6) is 11.5 Å². The smallest absolute Gasteiger partial charge is 0.225 e. The lowest BCUT2D eigenvalue weighted by molar-refractivity contribution is 0.112. The van der Waals surface area contributed by atoms with Crippen molar-refractivity contribution in [3.63, 3.8) is 0 Å². The lowest BCUT2D eigenvalue weighted by Gasteiger charge is -2.11. The van der Waals surface area contributed by atoms with Gasteiger partial charge in [0.1, 0.15) is 17.8 Å². The van der Waals surface area contributed by atoms with Crippen LogP contribution in [0.2, 0.25) is 0 Å². The molecule has 0 saturated heterocycles. The van der Waals surface area contributed by atoms with Crippen LogP contribution in [0.1, 0.15) is 28.4 Å². The third-order valence-electron chi connectivity index (χ3n) is 4.20. The molecular formula is C25H23NO3. The second-order valence-corrected chi connectivity index (χ2v) is 6.78. The number of benzene rings is 3. The van der Waals surface area contributed by atoms with E-state index in [2.05, 4.69) is 4.99 Å². The predicted octanol–water partition coefficient (Wildman–Crippen LogP) is 6.21. The zero-order valence-electron chi connectivity index (χ0n) is 16.8. The molecule has 0 aliphatic rings. The van der Waals surface area contributed by atoms with Crippen LogP contribution in [-0.2, 0) is 0 Å². The third kappa shape index (κ3) is 5.91. The summed E-state index contributed by atoms with van der Waals surface area (Å²) in [6.07, 6.45) is 2.40. The molecule has 3 rings (SSSR count). The minimum absolute atomic E-state index is 0.393. The van der Waals surface area contributed by atoms with Crippen molar-refractivity contribution in [3.05, 3.63) is 101 Å². The average Bonchev–Trinajstić information content (AvgIpc) is 2.74. The molecule has 3 aromatic carbocycles. The minimum Gasteiger partial charge on any atom is -0.465 e. The first-order chi connectivity index (χ1) is 14.0. The summed E-state index contributed by atoms with van der Waals surface area (Å²) in [6.45, 7) is 5.92. The highest BCUT2D eigenvalue weighted by Gasteiger charge is 2.09. The van der Waals surface area contributed by atoms with E-state index >= 15 is 0 Å². The van der Waals surface area contributed by atoms with Crippen molar-refractivity contribution in [3.8, 4) is 11.5 Å². The molecule has 0 amide bonds. The first-order valence-corrected chi connectivity index (χ1v) is 9.32. The van der Waals surface area contributed by atoms with E-state index in [1.54, 1.807) is 30.5 Å². The lowest BCUT2D eigenvalue weighted by atomic mass is 10.2. The molecule has 3 aromatic rings. The van der Waals surface area contributed by atoms with E-state index in [-0.39, 0.29) is 0 Å². The summed E-state index contributed by atoms with van der Waals surface area (Å²) in [6, 6.07) is 22.6. The molecule has 0 aliphatic heterocycles. The fourth-order valence-electron chi connectivity index (χ4n) is 2.51. The number of ether oxygens (including phenoxy) is 2. The Morgan fingerprint density at radius 2 is 1.52 bits per heavy atom. The highest BCUT2D eigenvalue weighted by Crippen LogP contribution is 2.20. The Morgan fingerprint density at radius 1 is 0.862 bits per heavy atom. The Bertz CT molecular complexity index is 1030. The minimum atomic E-state index is 0.393. The second-order valence-electron chi connectivity index (χ2n) is 6.78. The lowest BCUT2D eigenvalue weighted by Crippen LogP contribution is -2.11. The number of nitrogens with zero attached hydrogens (tertiary/aromatic N) is 1. The molecule has 0 fully saturated rings. The number of carbonyl (C=O) groups excluding carboxylic acids is 1. The van der Waals surface area contributed by atoms with Gasteiger partial charge in [-0.1, -0.05) is 47.5 Å². The van der Waals surface area contributed by atoms with E-state index in [0.29, 0.717) is 22.8 Å². The molecule has 0 heterocycles. The van der Waals surface area contributed by atoms with Gasteiger partial charge in [0, 0.05) is 11.1 Å². The zero-order valence-corrected chi connectivity index (χ0v) is 16.8. The van der Waals surface area contributed by atoms with Crippen molar-refractivity contribution in [2.75, 3.05) is 0 Å². The van der Waals surface area contributed by atoms with E-state index in [4.69, 9.17) is 9.47 Å². The van der Waals surface area contributed by atoms with Gasteiger partial charge >= 0.3 is 0 Å². The van der Waals surface area contributed by atoms with Crippen molar-refractivity contribution < 1.29 is 14.3 Å². The van der Waals surface area contributed by atoms with Crippen LogP contribution in [0.25, 0.3) is 0 Å². The Balaban J connectivity index is 1.89. The van der Waals surface area contributed by atoms with Gasteiger partial charge in [-0.15, -0.1) is 0 Å². The van der Waals surface area contributed by atoms with Crippen LogP contribution in [0.3, 0.4) is 0 Å². The molecule has 146 valence electrons. The Morgan fingerprint density at radius 3 is 2.17 bits per heavy atom. The highest BCUT2D eigenvalue weighted by atomic mass is 16.5. The van der Waals surface area contributed by atoms with Gasteiger partial charge in [0.05, 0.1) is 11.9 Å². The monoisotopic (exact) mass is 385 g/mol. The Hall–Kier alpha value is -3.66. The van der Waals surface area contributed by atoms with Crippen LogP contribution < -0.4 is 9.47 Å². The molecule has 0 bridgehead atoms. The van der Waals surface area contributed by atoms with E-state index in [1.807, 2.05) is 69.3 Å². The molecule has 0 radical (unpaired) electrons. The van der Waals surface area contributed by atoms with Gasteiger partial charge in [-0.2, -0.15) is 0 Å². The predicted molar refractivity (Wildman–Crippen MR) is 116 cm³/mol. The topological polar surface area (TPSA) is 47.9 Å². The van der Waals surface area contributed by atoms with Crippen LogP contribution in [0, 0.1) is 13.8 Å². The normalized spacial score (nSPS) is 11.8. The third-order valence-corrected chi connectivity index (χ3v) is 4.20. The fraction of sp³-hybridized carbons (Fsp3) is 0.120. The van der Waals surface area contributed by atoms with Crippen LogP contribution in [0.4, 0.5) is 5.69 Å². The van der Waals surface area contributed by atoms with Crippen molar-refractivity contribution in [1.29, 1.82) is 0 Å². The van der Waals surface area contributed by atoms with Gasteiger partial charge < -0.3 is 9.47 Å². The first kappa shape index (κ1) is 20.1. The number of hydrogen-bond donors (Lipinski definition) is 0. The summed E-state index contributed by atoms with van der Waals surface area (Å²) >= 11 is 0. The molecule has 4 nitrogen and oxygen atoms in total. The molecule has 0 unspecified atom stereocenters. The summed E-state index contributed by atoms with van der Waals surface area (Å²) < 4.78 is 11.8. The van der Waals surface area contributed by atoms with E-state index in [0.717, 1.165) is 28.8 Å². The molecule has 0 saturated carbocycles. The fourth-order valence-corrected chi connectivity index (χ4v) is 2.51. The maximum absolute atomic E-state index is 11.1. The summed E-state index contributed by atoms with van der Waals surface area (Å²) in [5.41, 5.74) is 4.33. The Kier molecular flexibility index (Phi) is 6.59. The molecule has 0 spiro atoms. The van der Waals surface area contributed by atoms with Crippen molar-refractivity contribution in [1.82, 2.24) is 0 Å². The number of carbonyl (C=O) groups is 1. The van der Waals surface area contributed by atoms with Crippen LogP contribution in [-0.4, -0.2) is 12.2 Å². The quantitative estimate of drug-likeness (QED) is 0.219. The number of aldehydes is 1. The molecule has 0 N–H and O–H groups in total. The molecule has 29 heavy (non-hydrogen) atoms. The van der Waals surface area contributed by atoms with Crippen molar-refractivity contribution >= 4 is 17.9 Å². The van der Waals surface area contributed by atoms with Gasteiger partial charge in [0.25, 0.3) is 0 Å². The van der Waals surface area contributed by atoms with Crippen LogP contribution >= 0.6 is 0 Å².